The molecule has 0 aromatic heterocycles. The summed E-state index contributed by atoms with van der Waals surface area (Å²) in [6, 6.07) is 3.68. The van der Waals surface area contributed by atoms with Crippen molar-refractivity contribution >= 4 is 15.7 Å². The van der Waals surface area contributed by atoms with E-state index in [2.05, 4.69) is 0 Å². The summed E-state index contributed by atoms with van der Waals surface area (Å²) in [5.41, 5.74) is 3.02. The highest BCUT2D eigenvalue weighted by Gasteiger charge is 2.35. The van der Waals surface area contributed by atoms with Gasteiger partial charge in [-0.25, -0.2) is 8.42 Å². The number of ether oxygens (including phenoxy) is 1. The fourth-order valence-electron chi connectivity index (χ4n) is 3.68. The monoisotopic (exact) mass is 337 g/mol. The molecular weight excluding hydrogens is 314 g/mol. The van der Waals surface area contributed by atoms with Crippen LogP contribution in [0.4, 0.5) is 0 Å². The minimum absolute atomic E-state index is 0.0693. The predicted molar refractivity (Wildman–Crippen MR) is 88.8 cm³/mol. The first-order chi connectivity index (χ1) is 10.9. The summed E-state index contributed by atoms with van der Waals surface area (Å²) < 4.78 is 28.9. The maximum atomic E-state index is 13.0. The fraction of sp³-hybridized carbons (Fsp3) is 0.588. The van der Waals surface area contributed by atoms with Gasteiger partial charge in [0.2, 0.25) is 0 Å². The van der Waals surface area contributed by atoms with Crippen LogP contribution in [0.15, 0.2) is 12.1 Å². The zero-order valence-electron chi connectivity index (χ0n) is 13.7. The lowest BCUT2D eigenvalue weighted by atomic mass is 10.0. The molecule has 0 spiro atoms. The van der Waals surface area contributed by atoms with Crippen LogP contribution in [0, 0.1) is 0 Å². The number of aryl methyl sites for hydroxylation is 2. The Kier molecular flexibility index (Phi) is 4.36. The number of rotatable bonds is 4. The molecule has 2 aliphatic rings. The van der Waals surface area contributed by atoms with Gasteiger partial charge in [0.1, 0.15) is 5.75 Å². The maximum absolute atomic E-state index is 13.0. The Bertz CT molecular complexity index is 726. The number of benzene rings is 1. The summed E-state index contributed by atoms with van der Waals surface area (Å²) in [5.74, 6) is 0.707. The molecule has 6 heteroatoms. The lowest BCUT2D eigenvalue weighted by Gasteiger charge is -2.27. The number of amides is 1. The number of hydrogen-bond donors (Lipinski definition) is 0. The number of carbonyl (C=O) groups is 1. The second-order valence-corrected chi connectivity index (χ2v) is 8.55. The minimum atomic E-state index is -3.02. The first-order valence-corrected chi connectivity index (χ1v) is 9.98. The Labute approximate surface area is 137 Å². The molecule has 0 N–H and O–H groups in total. The van der Waals surface area contributed by atoms with Crippen molar-refractivity contribution in [1.82, 2.24) is 4.90 Å². The van der Waals surface area contributed by atoms with E-state index >= 15 is 0 Å². The molecule has 1 aliphatic carbocycles. The Morgan fingerprint density at radius 2 is 2.00 bits per heavy atom. The Morgan fingerprint density at radius 1 is 1.30 bits per heavy atom. The third-order valence-corrected chi connectivity index (χ3v) is 6.65. The topological polar surface area (TPSA) is 63.7 Å². The molecule has 1 amide bonds. The maximum Gasteiger partial charge on any atom is 0.257 e. The molecule has 23 heavy (non-hydrogen) atoms. The molecule has 1 aliphatic heterocycles. The summed E-state index contributed by atoms with van der Waals surface area (Å²) in [6.07, 6.45) is 3.64. The average molecular weight is 337 g/mol. The van der Waals surface area contributed by atoms with Gasteiger partial charge in [-0.3, -0.25) is 4.79 Å². The van der Waals surface area contributed by atoms with E-state index in [-0.39, 0.29) is 23.5 Å². The van der Waals surface area contributed by atoms with E-state index in [4.69, 9.17) is 4.74 Å². The summed E-state index contributed by atoms with van der Waals surface area (Å²) >= 11 is 0. The summed E-state index contributed by atoms with van der Waals surface area (Å²) in [5, 5.41) is 0. The summed E-state index contributed by atoms with van der Waals surface area (Å²) in [7, 11) is -1.44. The zero-order chi connectivity index (χ0) is 16.6. The SMILES string of the molecule is CCN(C(=O)c1cc2c(cc1OC)CCC2)C1CCS(=O)(=O)C1. The largest absolute Gasteiger partial charge is 0.496 e. The van der Waals surface area contributed by atoms with Gasteiger partial charge in [-0.2, -0.15) is 0 Å². The summed E-state index contributed by atoms with van der Waals surface area (Å²) in [6.45, 7) is 2.39. The van der Waals surface area contributed by atoms with Gasteiger partial charge in [-0.05, 0) is 55.9 Å². The van der Waals surface area contributed by atoms with Crippen LogP contribution in [-0.2, 0) is 22.7 Å². The first kappa shape index (κ1) is 16.3. The van der Waals surface area contributed by atoms with E-state index in [1.54, 1.807) is 12.0 Å². The van der Waals surface area contributed by atoms with Crippen LogP contribution in [0.3, 0.4) is 0 Å². The molecule has 0 saturated carbocycles. The first-order valence-electron chi connectivity index (χ1n) is 8.16. The number of sulfone groups is 1. The highest BCUT2D eigenvalue weighted by Crippen LogP contribution is 2.31. The van der Waals surface area contributed by atoms with Crippen molar-refractivity contribution in [3.8, 4) is 5.75 Å². The van der Waals surface area contributed by atoms with Crippen molar-refractivity contribution in [3.05, 3.63) is 28.8 Å². The van der Waals surface area contributed by atoms with Gasteiger partial charge < -0.3 is 9.64 Å². The molecular formula is C17H23NO4S. The van der Waals surface area contributed by atoms with Crippen molar-refractivity contribution in [2.24, 2.45) is 0 Å². The molecule has 1 heterocycles. The molecule has 5 nitrogen and oxygen atoms in total. The number of hydrogen-bond acceptors (Lipinski definition) is 4. The molecule has 1 fully saturated rings. The van der Waals surface area contributed by atoms with Crippen LogP contribution in [0.5, 0.6) is 5.75 Å². The standard InChI is InChI=1S/C17H23NO4S/c1-3-18(14-7-8-23(20,21)11-14)17(19)15-9-12-5-4-6-13(12)10-16(15)22-2/h9-10,14H,3-8,11H2,1-2H3. The molecule has 3 rings (SSSR count). The van der Waals surface area contributed by atoms with Crippen LogP contribution in [0.1, 0.15) is 41.3 Å². The van der Waals surface area contributed by atoms with E-state index in [0.29, 0.717) is 24.3 Å². The smallest absolute Gasteiger partial charge is 0.257 e. The third-order valence-electron chi connectivity index (χ3n) is 4.90. The Hall–Kier alpha value is -1.56. The van der Waals surface area contributed by atoms with Crippen LogP contribution in [0.2, 0.25) is 0 Å². The lowest BCUT2D eigenvalue weighted by Crippen LogP contribution is -2.41. The van der Waals surface area contributed by atoms with Gasteiger partial charge >= 0.3 is 0 Å². The average Bonchev–Trinajstić information content (AvgIpc) is 3.12. The van der Waals surface area contributed by atoms with Crippen LogP contribution < -0.4 is 4.74 Å². The van der Waals surface area contributed by atoms with E-state index in [0.717, 1.165) is 19.3 Å². The Balaban J connectivity index is 1.92. The second-order valence-electron chi connectivity index (χ2n) is 6.32. The third kappa shape index (κ3) is 3.09. The van der Waals surface area contributed by atoms with Crippen molar-refractivity contribution in [1.29, 1.82) is 0 Å². The van der Waals surface area contributed by atoms with Crippen LogP contribution in [-0.4, -0.2) is 50.4 Å². The van der Waals surface area contributed by atoms with Crippen LogP contribution >= 0.6 is 0 Å². The van der Waals surface area contributed by atoms with Gasteiger partial charge in [-0.15, -0.1) is 0 Å². The Morgan fingerprint density at radius 3 is 2.57 bits per heavy atom. The van der Waals surface area contributed by atoms with Crippen molar-refractivity contribution in [2.45, 2.75) is 38.6 Å². The molecule has 0 bridgehead atoms. The van der Waals surface area contributed by atoms with Gasteiger partial charge in [0, 0.05) is 12.6 Å². The van der Waals surface area contributed by atoms with Gasteiger partial charge in [0.25, 0.3) is 5.91 Å². The second kappa shape index (κ2) is 6.15. The van der Waals surface area contributed by atoms with Gasteiger partial charge in [0.05, 0.1) is 24.2 Å². The molecule has 1 saturated heterocycles. The van der Waals surface area contributed by atoms with Gasteiger partial charge in [-0.1, -0.05) is 0 Å². The number of nitrogens with zero attached hydrogens (tertiary/aromatic N) is 1. The molecule has 1 atom stereocenters. The quantitative estimate of drug-likeness (QED) is 0.841. The van der Waals surface area contributed by atoms with E-state index in [9.17, 15) is 13.2 Å². The molecule has 126 valence electrons. The van der Waals surface area contributed by atoms with Crippen molar-refractivity contribution in [2.75, 3.05) is 25.2 Å². The van der Waals surface area contributed by atoms with E-state index < -0.39 is 9.84 Å². The van der Waals surface area contributed by atoms with E-state index in [1.807, 2.05) is 19.1 Å². The predicted octanol–water partition coefficient (Wildman–Crippen LogP) is 1.83. The zero-order valence-corrected chi connectivity index (χ0v) is 14.5. The van der Waals surface area contributed by atoms with Gasteiger partial charge in [0.15, 0.2) is 9.84 Å². The molecule has 1 aromatic rings. The molecule has 0 radical (unpaired) electrons. The highest BCUT2D eigenvalue weighted by atomic mass is 32.2. The van der Waals surface area contributed by atoms with E-state index in [1.165, 1.54) is 11.1 Å². The number of carbonyl (C=O) groups excluding carboxylic acids is 1. The van der Waals surface area contributed by atoms with Crippen molar-refractivity contribution < 1.29 is 17.9 Å². The normalized spacial score (nSPS) is 21.9. The van der Waals surface area contributed by atoms with Crippen molar-refractivity contribution in [3.63, 3.8) is 0 Å². The summed E-state index contributed by atoms with van der Waals surface area (Å²) in [4.78, 5) is 14.7. The molecule has 1 aromatic carbocycles. The minimum Gasteiger partial charge on any atom is -0.496 e. The fourth-order valence-corrected chi connectivity index (χ4v) is 5.41. The molecule has 1 unspecified atom stereocenters. The highest BCUT2D eigenvalue weighted by molar-refractivity contribution is 7.91. The number of fused-ring (bicyclic) bond motifs is 1. The van der Waals surface area contributed by atoms with Crippen LogP contribution in [0.25, 0.3) is 0 Å². The number of methoxy groups -OCH3 is 1. The lowest BCUT2D eigenvalue weighted by molar-refractivity contribution is 0.0705.